The van der Waals surface area contributed by atoms with Crippen LogP contribution in [0.3, 0.4) is 0 Å². The first kappa shape index (κ1) is 22.4. The van der Waals surface area contributed by atoms with E-state index < -0.39 is 27.0 Å². The van der Waals surface area contributed by atoms with Gasteiger partial charge in [-0.3, -0.25) is 9.52 Å². The van der Waals surface area contributed by atoms with E-state index in [1.807, 2.05) is 24.0 Å². The molecule has 0 bridgehead atoms. The summed E-state index contributed by atoms with van der Waals surface area (Å²) in [7, 11) is -4.29. The number of fused-ring (bicyclic) bond motifs is 1. The smallest absolute Gasteiger partial charge is 0.404 e. The first-order valence-electron chi connectivity index (χ1n) is 10.3. The van der Waals surface area contributed by atoms with E-state index in [1.54, 1.807) is 12.1 Å². The number of halogens is 3. The lowest BCUT2D eigenvalue weighted by Crippen LogP contribution is -2.33. The van der Waals surface area contributed by atoms with E-state index in [2.05, 4.69) is 9.46 Å². The molecule has 3 atom stereocenters. The van der Waals surface area contributed by atoms with Crippen LogP contribution in [0.1, 0.15) is 31.2 Å². The highest BCUT2D eigenvalue weighted by atomic mass is 32.2. The number of anilines is 1. The highest BCUT2D eigenvalue weighted by molar-refractivity contribution is 7.92. The lowest BCUT2D eigenvalue weighted by Gasteiger charge is -2.39. The van der Waals surface area contributed by atoms with Gasteiger partial charge >= 0.3 is 6.36 Å². The molecule has 0 radical (unpaired) electrons. The van der Waals surface area contributed by atoms with Crippen LogP contribution in [-0.4, -0.2) is 38.7 Å². The van der Waals surface area contributed by atoms with E-state index in [0.29, 0.717) is 24.2 Å². The van der Waals surface area contributed by atoms with E-state index in [9.17, 15) is 26.4 Å². The van der Waals surface area contributed by atoms with Gasteiger partial charge in [-0.2, -0.15) is 0 Å². The summed E-state index contributed by atoms with van der Waals surface area (Å²) >= 11 is 0. The topological polar surface area (TPSA) is 75.7 Å². The monoisotopic (exact) mass is 468 g/mol. The quantitative estimate of drug-likeness (QED) is 0.684. The van der Waals surface area contributed by atoms with Gasteiger partial charge in [0.15, 0.2) is 0 Å². The van der Waals surface area contributed by atoms with Gasteiger partial charge in [0.25, 0.3) is 10.0 Å². The second kappa shape index (κ2) is 8.31. The Hall–Kier alpha value is -2.75. The molecule has 1 aliphatic heterocycles. The molecule has 172 valence electrons. The average Bonchev–Trinajstić information content (AvgIpc) is 3.04. The van der Waals surface area contributed by atoms with Gasteiger partial charge in [0.2, 0.25) is 5.91 Å². The zero-order chi connectivity index (χ0) is 23.1. The lowest BCUT2D eigenvalue weighted by molar-refractivity contribution is -0.275. The van der Waals surface area contributed by atoms with Crippen molar-refractivity contribution in [3.05, 3.63) is 54.1 Å². The van der Waals surface area contributed by atoms with Crippen LogP contribution in [0.25, 0.3) is 0 Å². The highest BCUT2D eigenvalue weighted by Crippen LogP contribution is 2.51. The number of benzene rings is 2. The molecular formula is C22H23F3N2O4S. The molecule has 0 aromatic heterocycles. The van der Waals surface area contributed by atoms with Gasteiger partial charge < -0.3 is 9.64 Å². The minimum absolute atomic E-state index is 0.165. The van der Waals surface area contributed by atoms with Crippen molar-refractivity contribution in [2.75, 3.05) is 17.8 Å². The Morgan fingerprint density at radius 1 is 1.12 bits per heavy atom. The predicted octanol–water partition coefficient (Wildman–Crippen LogP) is 4.36. The maximum absolute atomic E-state index is 12.7. The number of nitrogens with one attached hydrogen (secondary N) is 1. The molecule has 4 rings (SSSR count). The Kier molecular flexibility index (Phi) is 5.83. The maximum Gasteiger partial charge on any atom is 0.573 e. The fourth-order valence-electron chi connectivity index (χ4n) is 4.61. The summed E-state index contributed by atoms with van der Waals surface area (Å²) in [6, 6.07) is 11.4. The lowest BCUT2D eigenvalue weighted by atomic mass is 9.64. The van der Waals surface area contributed by atoms with Crippen LogP contribution in [0.2, 0.25) is 0 Å². The van der Waals surface area contributed by atoms with Crippen LogP contribution < -0.4 is 9.46 Å². The Morgan fingerprint density at radius 2 is 1.81 bits per heavy atom. The number of carbonyl (C=O) groups is 1. The second-order valence-electron chi connectivity index (χ2n) is 8.14. The maximum atomic E-state index is 12.7. The third kappa shape index (κ3) is 4.55. The van der Waals surface area contributed by atoms with Gasteiger partial charge in [-0.25, -0.2) is 8.42 Å². The van der Waals surface area contributed by atoms with E-state index >= 15 is 0 Å². The van der Waals surface area contributed by atoms with E-state index in [1.165, 1.54) is 12.1 Å². The van der Waals surface area contributed by atoms with Crippen molar-refractivity contribution in [1.82, 2.24) is 4.90 Å². The molecule has 32 heavy (non-hydrogen) atoms. The minimum atomic E-state index is -5.01. The normalized spacial score (nSPS) is 22.8. The van der Waals surface area contributed by atoms with Crippen molar-refractivity contribution in [3.63, 3.8) is 0 Å². The number of hydrogen-bond acceptors (Lipinski definition) is 4. The van der Waals surface area contributed by atoms with Crippen molar-refractivity contribution < 1.29 is 31.1 Å². The van der Waals surface area contributed by atoms with Crippen molar-refractivity contribution >= 4 is 21.6 Å². The molecule has 1 aliphatic carbocycles. The largest absolute Gasteiger partial charge is 0.573 e. The van der Waals surface area contributed by atoms with Crippen LogP contribution in [0.15, 0.2) is 53.4 Å². The molecule has 1 amide bonds. The van der Waals surface area contributed by atoms with Crippen LogP contribution in [0.4, 0.5) is 18.9 Å². The summed E-state index contributed by atoms with van der Waals surface area (Å²) in [4.78, 5) is 13.3. The number of likely N-dealkylation sites (tertiary alicyclic amines) is 1. The Balaban J connectivity index is 1.45. The molecule has 1 N–H and O–H groups in total. The van der Waals surface area contributed by atoms with Gasteiger partial charge in [-0.1, -0.05) is 31.2 Å². The summed E-state index contributed by atoms with van der Waals surface area (Å²) in [6.45, 7) is 3.39. The second-order valence-corrected chi connectivity index (χ2v) is 9.79. The number of sulfonamides is 1. The fraction of sp³-hybridized carbons (Fsp3) is 0.409. The predicted molar refractivity (Wildman–Crippen MR) is 112 cm³/mol. The van der Waals surface area contributed by atoms with Crippen LogP contribution >= 0.6 is 0 Å². The zero-order valence-corrected chi connectivity index (χ0v) is 18.1. The van der Waals surface area contributed by atoms with E-state index in [4.69, 9.17) is 0 Å². The third-order valence-electron chi connectivity index (χ3n) is 6.18. The number of carbonyl (C=O) groups excluding carboxylic acids is 1. The molecule has 2 aromatic carbocycles. The van der Waals surface area contributed by atoms with Crippen molar-refractivity contribution in [3.8, 4) is 5.75 Å². The molecule has 0 spiro atoms. The van der Waals surface area contributed by atoms with Gasteiger partial charge in [-0.05, 0) is 54.0 Å². The van der Waals surface area contributed by atoms with Gasteiger partial charge in [0.1, 0.15) is 10.6 Å². The molecule has 1 saturated heterocycles. The molecule has 1 saturated carbocycles. The van der Waals surface area contributed by atoms with Gasteiger partial charge in [0, 0.05) is 25.2 Å². The first-order valence-corrected chi connectivity index (χ1v) is 11.8. The summed E-state index contributed by atoms with van der Waals surface area (Å²) < 4.78 is 69.4. The Labute approximate surface area is 184 Å². The molecule has 6 nitrogen and oxygen atoms in total. The number of hydrogen-bond donors (Lipinski definition) is 1. The highest BCUT2D eigenvalue weighted by Gasteiger charge is 2.48. The van der Waals surface area contributed by atoms with Crippen LogP contribution in [0.5, 0.6) is 5.75 Å². The first-order chi connectivity index (χ1) is 15.1. The Bertz CT molecular complexity index is 1100. The minimum Gasteiger partial charge on any atom is -0.404 e. The summed E-state index contributed by atoms with van der Waals surface area (Å²) in [6.07, 6.45) is -3.53. The fourth-order valence-corrected chi connectivity index (χ4v) is 5.80. The molecule has 2 aromatic rings. The number of alkyl halides is 3. The molecule has 0 unspecified atom stereocenters. The molecule has 2 fully saturated rings. The number of ether oxygens (including phenoxy) is 1. The molecule has 1 heterocycles. The van der Waals surface area contributed by atoms with Crippen LogP contribution in [0, 0.1) is 11.8 Å². The Morgan fingerprint density at radius 3 is 2.47 bits per heavy atom. The average molecular weight is 468 g/mol. The van der Waals surface area contributed by atoms with Gasteiger partial charge in [0.05, 0.1) is 0 Å². The molecular weight excluding hydrogens is 445 g/mol. The van der Waals surface area contributed by atoms with Crippen LogP contribution in [-0.2, 0) is 14.8 Å². The summed E-state index contributed by atoms with van der Waals surface area (Å²) in [5, 5.41) is 0. The van der Waals surface area contributed by atoms with E-state index in [0.717, 1.165) is 37.2 Å². The molecule has 10 heteroatoms. The standard InChI is InChI=1S/C22H23F3N2O4S/c1-2-21(28)27-12-15-11-17(18(15)13-27)14-7-9-16(10-8-14)26-32(29,30)20-6-4-3-5-19(20)31-22(23,24)25/h3-10,15,17-18,26H,2,11-13H2,1H3/t15-,17-,18+/m0/s1. The number of nitrogens with zero attached hydrogens (tertiary/aromatic N) is 1. The van der Waals surface area contributed by atoms with Crippen molar-refractivity contribution in [1.29, 1.82) is 0 Å². The number of rotatable bonds is 6. The number of para-hydroxylation sites is 1. The molecule has 2 aliphatic rings. The summed E-state index contributed by atoms with van der Waals surface area (Å²) in [5.74, 6) is 0.578. The van der Waals surface area contributed by atoms with Crippen molar-refractivity contribution in [2.45, 2.75) is 36.9 Å². The number of amides is 1. The third-order valence-corrected chi connectivity index (χ3v) is 7.60. The zero-order valence-electron chi connectivity index (χ0n) is 17.3. The van der Waals surface area contributed by atoms with E-state index in [-0.39, 0.29) is 11.6 Å². The SMILES string of the molecule is CCC(=O)N1C[C@@H]2C[C@@H](c3ccc(NS(=O)(=O)c4ccccc4OC(F)(F)F)cc3)[C@@H]2C1. The van der Waals surface area contributed by atoms with Crippen molar-refractivity contribution in [2.24, 2.45) is 11.8 Å². The van der Waals surface area contributed by atoms with Gasteiger partial charge in [-0.15, -0.1) is 13.2 Å². The summed E-state index contributed by atoms with van der Waals surface area (Å²) in [5.41, 5.74) is 1.29.